The Morgan fingerprint density at radius 2 is 1.86 bits per heavy atom. The van der Waals surface area contributed by atoms with Crippen molar-refractivity contribution in [3.05, 3.63) is 80.4 Å². The van der Waals surface area contributed by atoms with Gasteiger partial charge in [0.25, 0.3) is 5.91 Å². The van der Waals surface area contributed by atoms with E-state index in [1.165, 1.54) is 29.4 Å². The van der Waals surface area contributed by atoms with Gasteiger partial charge in [-0.25, -0.2) is 9.99 Å². The summed E-state index contributed by atoms with van der Waals surface area (Å²) in [5.41, 5.74) is 1.23. The molecule has 2 heterocycles. The molecule has 1 aliphatic carbocycles. The Balaban J connectivity index is 1.43. The van der Waals surface area contributed by atoms with Crippen molar-refractivity contribution >= 4 is 78.5 Å². The third-order valence-corrected chi connectivity index (χ3v) is 9.29. The van der Waals surface area contributed by atoms with Crippen LogP contribution in [0.25, 0.3) is 0 Å². The van der Waals surface area contributed by atoms with E-state index in [4.69, 9.17) is 27.4 Å². The van der Waals surface area contributed by atoms with Gasteiger partial charge in [0.2, 0.25) is 11.8 Å². The summed E-state index contributed by atoms with van der Waals surface area (Å²) < 4.78 is 31.7. The molecule has 3 aromatic rings. The topological polar surface area (TPSA) is 130 Å². The fourth-order valence-corrected chi connectivity index (χ4v) is 6.48. The first-order valence-electron chi connectivity index (χ1n) is 13.0. The monoisotopic (exact) mass is 693 g/mol. The van der Waals surface area contributed by atoms with Crippen LogP contribution in [0, 0.1) is 12.8 Å². The predicted molar refractivity (Wildman–Crippen MR) is 164 cm³/mol. The van der Waals surface area contributed by atoms with Crippen LogP contribution in [0.3, 0.4) is 0 Å². The summed E-state index contributed by atoms with van der Waals surface area (Å²) >= 11 is 16.0. The molecule has 220 valence electrons. The number of nitrogens with zero attached hydrogens (tertiary/aromatic N) is 3. The molecule has 2 aromatic carbocycles. The number of pyridine rings is 1. The summed E-state index contributed by atoms with van der Waals surface area (Å²) in [5.74, 6) is -0.704. The molecule has 1 fully saturated rings. The molecule has 2 atom stereocenters. The van der Waals surface area contributed by atoms with Gasteiger partial charge < -0.3 is 14.8 Å². The number of carbonyl (C=O) groups excluding carboxylic acids is 2. The fourth-order valence-electron chi connectivity index (χ4n) is 4.44. The minimum absolute atomic E-state index is 0.0426. The molecular formula is C28H26BrCl2N5O5S. The van der Waals surface area contributed by atoms with E-state index in [-0.39, 0.29) is 45.3 Å². The van der Waals surface area contributed by atoms with Crippen LogP contribution in [0.1, 0.15) is 42.1 Å². The normalized spacial score (nSPS) is 17.4. The molecule has 1 saturated carbocycles. The number of carbonyl (C=O) groups is 2. The van der Waals surface area contributed by atoms with Gasteiger partial charge >= 0.3 is 10.1 Å². The first-order valence-corrected chi connectivity index (χ1v) is 16.0. The van der Waals surface area contributed by atoms with Crippen LogP contribution >= 0.6 is 39.1 Å². The first-order chi connectivity index (χ1) is 19.9. The summed E-state index contributed by atoms with van der Waals surface area (Å²) in [4.78, 5) is 31.2. The van der Waals surface area contributed by atoms with E-state index in [0.717, 1.165) is 18.4 Å². The molecule has 1 aliphatic heterocycles. The summed E-state index contributed by atoms with van der Waals surface area (Å²) in [5, 5.41) is 11.7. The Morgan fingerprint density at radius 1 is 1.14 bits per heavy atom. The van der Waals surface area contributed by atoms with Gasteiger partial charge in [-0.1, -0.05) is 40.9 Å². The lowest BCUT2D eigenvalue weighted by Gasteiger charge is -2.23. The van der Waals surface area contributed by atoms with Crippen molar-refractivity contribution in [3.63, 3.8) is 0 Å². The molecule has 1 aromatic heterocycles. The smallest absolute Gasteiger partial charge is 0.340 e. The van der Waals surface area contributed by atoms with Gasteiger partial charge in [0, 0.05) is 21.7 Å². The van der Waals surface area contributed by atoms with Gasteiger partial charge in [-0.05, 0) is 84.9 Å². The average Bonchev–Trinajstić information content (AvgIpc) is 3.71. The molecule has 0 spiro atoms. The maximum atomic E-state index is 13.8. The quantitative estimate of drug-likeness (QED) is 0.280. The van der Waals surface area contributed by atoms with Crippen molar-refractivity contribution in [2.75, 3.05) is 10.3 Å². The van der Waals surface area contributed by atoms with Gasteiger partial charge in [0.1, 0.15) is 10.9 Å². The summed E-state index contributed by atoms with van der Waals surface area (Å²) in [7, 11) is -4.24. The Bertz CT molecular complexity index is 1680. The molecule has 5 rings (SSSR count). The minimum atomic E-state index is -4.24. The van der Waals surface area contributed by atoms with E-state index in [9.17, 15) is 18.0 Å². The molecule has 0 radical (unpaired) electrons. The van der Waals surface area contributed by atoms with E-state index < -0.39 is 28.0 Å². The first kappa shape index (κ1) is 30.3. The molecule has 14 heteroatoms. The highest BCUT2D eigenvalue weighted by molar-refractivity contribution is 9.10. The van der Waals surface area contributed by atoms with E-state index in [2.05, 4.69) is 36.6 Å². The fraction of sp³-hybridized carbons (Fsp3) is 0.286. The third-order valence-electron chi connectivity index (χ3n) is 6.89. The van der Waals surface area contributed by atoms with Crippen LogP contribution in [0.2, 0.25) is 10.0 Å². The lowest BCUT2D eigenvalue weighted by molar-refractivity contribution is -0.117. The maximum absolute atomic E-state index is 13.8. The summed E-state index contributed by atoms with van der Waals surface area (Å²) in [6.45, 7) is 3.77. The summed E-state index contributed by atoms with van der Waals surface area (Å²) in [6.07, 6.45) is 3.33. The largest absolute Gasteiger partial charge is 0.361 e. The van der Waals surface area contributed by atoms with Crippen molar-refractivity contribution in [3.8, 4) is 0 Å². The van der Waals surface area contributed by atoms with E-state index in [0.29, 0.717) is 15.4 Å². The van der Waals surface area contributed by atoms with Crippen LogP contribution in [-0.2, 0) is 19.1 Å². The third kappa shape index (κ3) is 6.72. The van der Waals surface area contributed by atoms with Crippen molar-refractivity contribution in [2.24, 2.45) is 11.0 Å². The van der Waals surface area contributed by atoms with Gasteiger partial charge in [0.05, 0.1) is 22.7 Å². The number of amides is 2. The van der Waals surface area contributed by atoms with Gasteiger partial charge in [-0.2, -0.15) is 8.42 Å². The molecule has 2 N–H and O–H groups in total. The lowest BCUT2D eigenvalue weighted by Crippen LogP contribution is -2.40. The number of halogens is 3. The Kier molecular flexibility index (Phi) is 8.79. The SMILES string of the molecule is Cc1ccc(S(=O)(=O)OC2=NN(c3ncccc3Cl)C(C(=O)Nc3c(Br)cc(Cl)cc3C(=O)NC(C)C3CC3)C2)cc1. The zero-order chi connectivity index (χ0) is 30.2. The minimum Gasteiger partial charge on any atom is -0.361 e. The van der Waals surface area contributed by atoms with Crippen molar-refractivity contribution < 1.29 is 22.2 Å². The highest BCUT2D eigenvalue weighted by Crippen LogP contribution is 2.35. The van der Waals surface area contributed by atoms with Gasteiger partial charge in [-0.15, -0.1) is 5.10 Å². The molecule has 2 aliphatic rings. The number of benzene rings is 2. The number of hydrazone groups is 1. The second-order valence-corrected chi connectivity index (χ2v) is 13.4. The molecule has 2 unspecified atom stereocenters. The number of anilines is 2. The second-order valence-electron chi connectivity index (χ2n) is 10.1. The number of aromatic nitrogens is 1. The predicted octanol–water partition coefficient (Wildman–Crippen LogP) is 5.92. The van der Waals surface area contributed by atoms with Crippen LogP contribution in [0.15, 0.2) is 69.2 Å². The van der Waals surface area contributed by atoms with Crippen LogP contribution in [-0.4, -0.2) is 43.2 Å². The number of hydrogen-bond acceptors (Lipinski definition) is 8. The number of nitrogens with one attached hydrogen (secondary N) is 2. The lowest BCUT2D eigenvalue weighted by atomic mass is 10.1. The Labute approximate surface area is 261 Å². The van der Waals surface area contributed by atoms with Crippen molar-refractivity contribution in [2.45, 2.75) is 50.1 Å². The van der Waals surface area contributed by atoms with E-state index >= 15 is 0 Å². The second kappa shape index (κ2) is 12.2. The zero-order valence-electron chi connectivity index (χ0n) is 22.5. The van der Waals surface area contributed by atoms with Gasteiger partial charge in [-0.3, -0.25) is 9.59 Å². The van der Waals surface area contributed by atoms with E-state index in [1.807, 2.05) is 13.8 Å². The number of hydrogen-bond donors (Lipinski definition) is 2. The summed E-state index contributed by atoms with van der Waals surface area (Å²) in [6, 6.07) is 11.2. The molecule has 42 heavy (non-hydrogen) atoms. The Morgan fingerprint density at radius 3 is 2.52 bits per heavy atom. The highest BCUT2D eigenvalue weighted by Gasteiger charge is 2.39. The molecule has 0 bridgehead atoms. The zero-order valence-corrected chi connectivity index (χ0v) is 26.4. The van der Waals surface area contributed by atoms with Crippen molar-refractivity contribution in [1.82, 2.24) is 10.3 Å². The molecule has 10 nitrogen and oxygen atoms in total. The van der Waals surface area contributed by atoms with Crippen LogP contribution in [0.4, 0.5) is 11.5 Å². The average molecular weight is 695 g/mol. The van der Waals surface area contributed by atoms with E-state index in [1.54, 1.807) is 30.3 Å². The number of aryl methyl sites for hydroxylation is 1. The van der Waals surface area contributed by atoms with Crippen molar-refractivity contribution in [1.29, 1.82) is 0 Å². The van der Waals surface area contributed by atoms with Crippen LogP contribution < -0.4 is 15.6 Å². The highest BCUT2D eigenvalue weighted by atomic mass is 79.9. The number of rotatable bonds is 8. The molecular weight excluding hydrogens is 669 g/mol. The molecule has 2 amide bonds. The van der Waals surface area contributed by atoms with Gasteiger partial charge in [0.15, 0.2) is 5.82 Å². The van der Waals surface area contributed by atoms with Crippen LogP contribution in [0.5, 0.6) is 0 Å². The molecule has 0 saturated heterocycles. The maximum Gasteiger partial charge on any atom is 0.340 e. The Hall–Kier alpha value is -3.19. The standard InChI is InChI=1S/C28H26BrCl2N5O5S/c1-15-5-9-19(10-6-15)42(39,40)41-24-14-23(36(35-24)26-22(31)4-3-11-32-26)28(38)34-25-20(12-18(30)13-21(25)29)27(37)33-16(2)17-7-8-17/h3-6,9-13,16-17,23H,7-8,14H2,1-2H3,(H,33,37)(H,34,38).